The maximum absolute atomic E-state index is 11.2. The molecule has 1 aromatic carbocycles. The van der Waals surface area contributed by atoms with Crippen molar-refractivity contribution in [2.24, 2.45) is 0 Å². The molecule has 0 fully saturated rings. The second-order valence-corrected chi connectivity index (χ2v) is 3.47. The first-order chi connectivity index (χ1) is 8.08. The molecule has 0 aromatic heterocycles. The number of benzene rings is 1. The lowest BCUT2D eigenvalue weighted by atomic mass is 10.1. The van der Waals surface area contributed by atoms with Crippen molar-refractivity contribution >= 4 is 11.9 Å². The molecule has 0 saturated heterocycles. The Labute approximate surface area is 99.4 Å². The Hall–Kier alpha value is -2.04. The molecule has 0 aliphatic carbocycles. The van der Waals surface area contributed by atoms with E-state index < -0.39 is 12.0 Å². The van der Waals surface area contributed by atoms with Crippen LogP contribution in [0.5, 0.6) is 5.75 Å². The molecule has 17 heavy (non-hydrogen) atoms. The molecule has 0 bridgehead atoms. The number of carbonyl (C=O) groups excluding carboxylic acids is 1. The number of hydrogen-bond donors (Lipinski definition) is 2. The molecule has 1 atom stereocenters. The Balaban J connectivity index is 2.89. The highest BCUT2D eigenvalue weighted by atomic mass is 16.5. The monoisotopic (exact) mass is 237 g/mol. The van der Waals surface area contributed by atoms with Crippen LogP contribution < -0.4 is 10.1 Å². The van der Waals surface area contributed by atoms with Crippen molar-refractivity contribution in [3.8, 4) is 5.75 Å². The summed E-state index contributed by atoms with van der Waals surface area (Å²) in [6, 6.07) is 5.53. The third-order valence-corrected chi connectivity index (χ3v) is 2.32. The van der Waals surface area contributed by atoms with Crippen LogP contribution in [0, 0.1) is 0 Å². The van der Waals surface area contributed by atoms with E-state index in [9.17, 15) is 9.59 Å². The van der Waals surface area contributed by atoms with Crippen LogP contribution in [0.4, 0.5) is 0 Å². The van der Waals surface area contributed by atoms with E-state index >= 15 is 0 Å². The number of carboxylic acids is 1. The second-order valence-electron chi connectivity index (χ2n) is 3.47. The average molecular weight is 237 g/mol. The average Bonchev–Trinajstić information content (AvgIpc) is 2.35. The molecule has 0 saturated carbocycles. The van der Waals surface area contributed by atoms with Gasteiger partial charge in [0, 0.05) is 6.42 Å². The lowest BCUT2D eigenvalue weighted by molar-refractivity contribution is -0.142. The zero-order valence-corrected chi connectivity index (χ0v) is 9.77. The van der Waals surface area contributed by atoms with Gasteiger partial charge in [-0.05, 0) is 17.7 Å². The molecule has 5 heteroatoms. The molecular formula is C12H15NO4. The largest absolute Gasteiger partial charge is 0.497 e. The predicted octanol–water partition coefficient (Wildman–Crippen LogP) is 1.35. The Morgan fingerprint density at radius 1 is 1.35 bits per heavy atom. The van der Waals surface area contributed by atoms with Gasteiger partial charge in [-0.1, -0.05) is 19.1 Å². The van der Waals surface area contributed by atoms with Gasteiger partial charge in [0.2, 0.25) is 5.91 Å². The molecule has 5 nitrogen and oxygen atoms in total. The highest BCUT2D eigenvalue weighted by Crippen LogP contribution is 2.18. The van der Waals surface area contributed by atoms with E-state index in [1.165, 1.54) is 7.11 Å². The van der Waals surface area contributed by atoms with Gasteiger partial charge in [-0.15, -0.1) is 0 Å². The van der Waals surface area contributed by atoms with Crippen molar-refractivity contribution in [2.75, 3.05) is 7.11 Å². The van der Waals surface area contributed by atoms with Crippen LogP contribution in [-0.2, 0) is 9.59 Å². The van der Waals surface area contributed by atoms with E-state index in [1.807, 2.05) is 0 Å². The summed E-state index contributed by atoms with van der Waals surface area (Å²) in [5.41, 5.74) is 0.514. The number of carboxylic acid groups (broad SMARTS) is 1. The van der Waals surface area contributed by atoms with Gasteiger partial charge in [-0.3, -0.25) is 4.79 Å². The van der Waals surface area contributed by atoms with Crippen LogP contribution in [0.2, 0.25) is 0 Å². The van der Waals surface area contributed by atoms with Crippen LogP contribution in [0.15, 0.2) is 24.3 Å². The predicted molar refractivity (Wildman–Crippen MR) is 61.8 cm³/mol. The minimum absolute atomic E-state index is 0.250. The normalized spacial score (nSPS) is 11.6. The molecule has 2 N–H and O–H groups in total. The fourth-order valence-electron chi connectivity index (χ4n) is 1.35. The van der Waals surface area contributed by atoms with E-state index in [-0.39, 0.29) is 12.3 Å². The number of amides is 1. The highest BCUT2D eigenvalue weighted by Gasteiger charge is 2.21. The third-order valence-electron chi connectivity index (χ3n) is 2.32. The van der Waals surface area contributed by atoms with Crippen molar-refractivity contribution in [3.05, 3.63) is 29.8 Å². The molecular weight excluding hydrogens is 222 g/mol. The Morgan fingerprint density at radius 3 is 2.35 bits per heavy atom. The van der Waals surface area contributed by atoms with Gasteiger partial charge in [-0.25, -0.2) is 4.79 Å². The maximum atomic E-state index is 11.2. The lowest BCUT2D eigenvalue weighted by Gasteiger charge is -2.14. The van der Waals surface area contributed by atoms with E-state index in [1.54, 1.807) is 31.2 Å². The highest BCUT2D eigenvalue weighted by molar-refractivity contribution is 5.84. The molecule has 92 valence electrons. The molecule has 1 amide bonds. The SMILES string of the molecule is CCC(=O)NC(C(=O)O)c1ccc(OC)cc1. The molecule has 0 aliphatic rings. The fourth-order valence-corrected chi connectivity index (χ4v) is 1.35. The summed E-state index contributed by atoms with van der Waals surface area (Å²) >= 11 is 0. The summed E-state index contributed by atoms with van der Waals surface area (Å²) in [4.78, 5) is 22.3. The van der Waals surface area contributed by atoms with Crippen molar-refractivity contribution in [3.63, 3.8) is 0 Å². The Bertz CT molecular complexity index is 399. The molecule has 0 spiro atoms. The number of nitrogens with one attached hydrogen (secondary N) is 1. The van der Waals surface area contributed by atoms with E-state index in [0.29, 0.717) is 11.3 Å². The minimum atomic E-state index is -1.09. The molecule has 1 rings (SSSR count). The smallest absolute Gasteiger partial charge is 0.330 e. The zero-order valence-electron chi connectivity index (χ0n) is 9.77. The van der Waals surface area contributed by atoms with Gasteiger partial charge in [0.1, 0.15) is 5.75 Å². The van der Waals surface area contributed by atoms with E-state index in [4.69, 9.17) is 9.84 Å². The molecule has 1 unspecified atom stereocenters. The summed E-state index contributed by atoms with van der Waals surface area (Å²) < 4.78 is 4.98. The first-order valence-corrected chi connectivity index (χ1v) is 5.24. The summed E-state index contributed by atoms with van der Waals surface area (Å²) in [5, 5.41) is 11.5. The number of rotatable bonds is 5. The van der Waals surface area contributed by atoms with Gasteiger partial charge in [0.15, 0.2) is 6.04 Å². The van der Waals surface area contributed by atoms with Crippen molar-refractivity contribution in [1.29, 1.82) is 0 Å². The molecule has 0 heterocycles. The standard InChI is InChI=1S/C12H15NO4/c1-3-10(14)13-11(12(15)16)8-4-6-9(17-2)7-5-8/h4-7,11H,3H2,1-2H3,(H,13,14)(H,15,16). The van der Waals surface area contributed by atoms with Gasteiger partial charge in [0.25, 0.3) is 0 Å². The Morgan fingerprint density at radius 2 is 1.94 bits per heavy atom. The van der Waals surface area contributed by atoms with Gasteiger partial charge < -0.3 is 15.2 Å². The van der Waals surface area contributed by atoms with Gasteiger partial charge in [0.05, 0.1) is 7.11 Å². The van der Waals surface area contributed by atoms with Crippen LogP contribution in [0.3, 0.4) is 0 Å². The first kappa shape index (κ1) is 13.0. The van der Waals surface area contributed by atoms with Gasteiger partial charge in [-0.2, -0.15) is 0 Å². The fraction of sp³-hybridized carbons (Fsp3) is 0.333. The van der Waals surface area contributed by atoms with Gasteiger partial charge >= 0.3 is 5.97 Å². The zero-order chi connectivity index (χ0) is 12.8. The van der Waals surface area contributed by atoms with Crippen molar-refractivity contribution < 1.29 is 19.4 Å². The lowest BCUT2D eigenvalue weighted by Crippen LogP contribution is -2.33. The third kappa shape index (κ3) is 3.48. The topological polar surface area (TPSA) is 75.6 Å². The number of methoxy groups -OCH3 is 1. The second kappa shape index (κ2) is 5.89. The van der Waals surface area contributed by atoms with Crippen molar-refractivity contribution in [1.82, 2.24) is 5.32 Å². The minimum Gasteiger partial charge on any atom is -0.497 e. The van der Waals surface area contributed by atoms with E-state index in [0.717, 1.165) is 0 Å². The Kier molecular flexibility index (Phi) is 4.51. The quantitative estimate of drug-likeness (QED) is 0.810. The number of carbonyl (C=O) groups is 2. The van der Waals surface area contributed by atoms with E-state index in [2.05, 4.69) is 5.32 Å². The van der Waals surface area contributed by atoms with Crippen LogP contribution in [-0.4, -0.2) is 24.1 Å². The number of ether oxygens (including phenoxy) is 1. The van der Waals surface area contributed by atoms with Crippen molar-refractivity contribution in [2.45, 2.75) is 19.4 Å². The summed E-state index contributed by atoms with van der Waals surface area (Å²) in [5.74, 6) is -0.745. The van der Waals surface area contributed by atoms with Crippen LogP contribution in [0.1, 0.15) is 24.9 Å². The molecule has 0 radical (unpaired) electrons. The molecule has 0 aliphatic heterocycles. The summed E-state index contributed by atoms with van der Waals surface area (Å²) in [6.45, 7) is 1.67. The summed E-state index contributed by atoms with van der Waals surface area (Å²) in [7, 11) is 1.53. The molecule has 1 aromatic rings. The van der Waals surface area contributed by atoms with Crippen LogP contribution in [0.25, 0.3) is 0 Å². The maximum Gasteiger partial charge on any atom is 0.330 e. The van der Waals surface area contributed by atoms with Crippen LogP contribution >= 0.6 is 0 Å². The number of aliphatic carboxylic acids is 1. The first-order valence-electron chi connectivity index (χ1n) is 5.24. The summed E-state index contributed by atoms with van der Waals surface area (Å²) in [6.07, 6.45) is 0.250. The number of hydrogen-bond acceptors (Lipinski definition) is 3.